The average molecular weight is 521 g/mol. The highest BCUT2D eigenvalue weighted by atomic mass is 79.9. The Morgan fingerprint density at radius 2 is 2.09 bits per heavy atom. The number of nitro groups is 1. The van der Waals surface area contributed by atoms with Crippen LogP contribution >= 0.6 is 27.5 Å². The van der Waals surface area contributed by atoms with Gasteiger partial charge in [-0.25, -0.2) is 5.43 Å². The van der Waals surface area contributed by atoms with Gasteiger partial charge in [-0.05, 0) is 59.6 Å². The number of hydrazone groups is 1. The fraction of sp³-hybridized carbons (Fsp3) is 0.190. The number of amides is 1. The highest BCUT2D eigenvalue weighted by molar-refractivity contribution is 9.10. The van der Waals surface area contributed by atoms with Crippen molar-refractivity contribution in [2.45, 2.75) is 20.4 Å². The number of ether oxygens (including phenoxy) is 1. The fourth-order valence-corrected chi connectivity index (χ4v) is 3.56. The Morgan fingerprint density at radius 1 is 1.34 bits per heavy atom. The minimum absolute atomic E-state index is 0.0327. The molecule has 0 unspecified atom stereocenters. The molecule has 1 aromatic heterocycles. The maximum atomic E-state index is 12.3. The van der Waals surface area contributed by atoms with Crippen molar-refractivity contribution < 1.29 is 14.5 Å². The Labute approximate surface area is 197 Å². The van der Waals surface area contributed by atoms with E-state index in [1.54, 1.807) is 13.2 Å². The van der Waals surface area contributed by atoms with Crippen LogP contribution in [0.3, 0.4) is 0 Å². The smallest absolute Gasteiger partial charge is 0.272 e. The SMILES string of the molecule is COc1ccc(C=NNC(=O)c2ccc([N+](=O)[O-])cc2Cl)cc1Cn1nc(C)c(Br)c1C. The summed E-state index contributed by atoms with van der Waals surface area (Å²) in [4.78, 5) is 22.5. The summed E-state index contributed by atoms with van der Waals surface area (Å²) in [5, 5.41) is 19.3. The van der Waals surface area contributed by atoms with Crippen LogP contribution in [-0.2, 0) is 6.54 Å². The van der Waals surface area contributed by atoms with Crippen molar-refractivity contribution in [1.82, 2.24) is 15.2 Å². The van der Waals surface area contributed by atoms with Gasteiger partial charge in [0.2, 0.25) is 0 Å². The van der Waals surface area contributed by atoms with Crippen molar-refractivity contribution in [3.63, 3.8) is 0 Å². The second kappa shape index (κ2) is 9.92. The van der Waals surface area contributed by atoms with Gasteiger partial charge in [-0.3, -0.25) is 19.6 Å². The molecular weight excluding hydrogens is 502 g/mol. The number of methoxy groups -OCH3 is 1. The third kappa shape index (κ3) is 5.14. The van der Waals surface area contributed by atoms with Crippen molar-refractivity contribution in [1.29, 1.82) is 0 Å². The van der Waals surface area contributed by atoms with E-state index in [0.717, 1.165) is 33.1 Å². The molecule has 2 aromatic carbocycles. The molecule has 0 aliphatic carbocycles. The molecule has 1 N–H and O–H groups in total. The second-order valence-corrected chi connectivity index (χ2v) is 8.03. The van der Waals surface area contributed by atoms with Gasteiger partial charge in [0.25, 0.3) is 11.6 Å². The first kappa shape index (κ1) is 23.4. The number of rotatable bonds is 7. The summed E-state index contributed by atoms with van der Waals surface area (Å²) < 4.78 is 8.29. The molecular formula is C21H19BrClN5O4. The second-order valence-electron chi connectivity index (χ2n) is 6.83. The lowest BCUT2D eigenvalue weighted by Crippen LogP contribution is -2.18. The molecule has 1 heterocycles. The Morgan fingerprint density at radius 3 is 2.69 bits per heavy atom. The minimum atomic E-state index is -0.586. The number of halogens is 2. The van der Waals surface area contributed by atoms with Crippen LogP contribution in [0.15, 0.2) is 46.0 Å². The Balaban J connectivity index is 1.76. The van der Waals surface area contributed by atoms with Gasteiger partial charge < -0.3 is 4.74 Å². The molecule has 0 aliphatic heterocycles. The molecule has 166 valence electrons. The molecule has 0 saturated carbocycles. The Bertz CT molecular complexity index is 1230. The number of carbonyl (C=O) groups excluding carboxylic acids is 1. The van der Waals surface area contributed by atoms with E-state index in [4.69, 9.17) is 16.3 Å². The lowest BCUT2D eigenvalue weighted by atomic mass is 10.1. The molecule has 0 aliphatic rings. The molecule has 0 atom stereocenters. The van der Waals surface area contributed by atoms with E-state index in [9.17, 15) is 14.9 Å². The number of carbonyl (C=O) groups is 1. The molecule has 0 radical (unpaired) electrons. The van der Waals surface area contributed by atoms with Crippen molar-refractivity contribution in [3.8, 4) is 5.75 Å². The quantitative estimate of drug-likeness (QED) is 0.277. The number of aryl methyl sites for hydroxylation is 1. The number of hydrogen-bond donors (Lipinski definition) is 1. The van der Waals surface area contributed by atoms with Crippen LogP contribution in [0.1, 0.15) is 32.9 Å². The zero-order chi connectivity index (χ0) is 23.4. The van der Waals surface area contributed by atoms with E-state index in [0.29, 0.717) is 12.3 Å². The van der Waals surface area contributed by atoms with Gasteiger partial charge in [-0.15, -0.1) is 0 Å². The van der Waals surface area contributed by atoms with Crippen molar-refractivity contribution in [2.24, 2.45) is 5.10 Å². The number of aromatic nitrogens is 2. The summed E-state index contributed by atoms with van der Waals surface area (Å²) in [6.45, 7) is 4.39. The first-order valence-electron chi connectivity index (χ1n) is 9.35. The van der Waals surface area contributed by atoms with Gasteiger partial charge >= 0.3 is 0 Å². The molecule has 0 bridgehead atoms. The minimum Gasteiger partial charge on any atom is -0.496 e. The molecule has 0 spiro atoms. The molecule has 32 heavy (non-hydrogen) atoms. The van der Waals surface area contributed by atoms with Gasteiger partial charge in [-0.1, -0.05) is 11.6 Å². The monoisotopic (exact) mass is 519 g/mol. The first-order chi connectivity index (χ1) is 15.2. The van der Waals surface area contributed by atoms with Crippen LogP contribution in [0.25, 0.3) is 0 Å². The predicted octanol–water partition coefficient (Wildman–Crippen LogP) is 4.64. The standard InChI is InChI=1S/C21H19BrClN5O4/c1-12-20(22)13(2)27(26-12)11-15-8-14(4-7-19(15)32-3)10-24-25-21(29)17-6-5-16(28(30)31)9-18(17)23/h4-10H,11H2,1-3H3,(H,25,29). The van der Waals surface area contributed by atoms with Gasteiger partial charge in [-0.2, -0.15) is 10.2 Å². The molecule has 0 saturated heterocycles. The first-order valence-corrected chi connectivity index (χ1v) is 10.5. The summed E-state index contributed by atoms with van der Waals surface area (Å²) in [5.41, 5.74) is 5.77. The maximum Gasteiger partial charge on any atom is 0.272 e. The van der Waals surface area contributed by atoms with E-state index in [-0.39, 0.29) is 16.3 Å². The number of hydrogen-bond acceptors (Lipinski definition) is 6. The van der Waals surface area contributed by atoms with Gasteiger partial charge in [0.1, 0.15) is 5.75 Å². The Kier molecular flexibility index (Phi) is 7.26. The lowest BCUT2D eigenvalue weighted by molar-refractivity contribution is -0.384. The summed E-state index contributed by atoms with van der Waals surface area (Å²) in [6, 6.07) is 9.10. The van der Waals surface area contributed by atoms with Gasteiger partial charge in [0.05, 0.1) is 51.2 Å². The molecule has 3 rings (SSSR count). The summed E-state index contributed by atoms with van der Waals surface area (Å²) in [6.07, 6.45) is 1.48. The van der Waals surface area contributed by atoms with Crippen LogP contribution in [0.2, 0.25) is 5.02 Å². The topological polar surface area (TPSA) is 112 Å². The maximum absolute atomic E-state index is 12.3. The zero-order valence-corrected chi connectivity index (χ0v) is 19.8. The van der Waals surface area contributed by atoms with Crippen molar-refractivity contribution >= 4 is 45.3 Å². The number of nitro benzene ring substituents is 1. The van der Waals surface area contributed by atoms with Crippen LogP contribution in [-0.4, -0.2) is 33.9 Å². The summed E-state index contributed by atoms with van der Waals surface area (Å²) >= 11 is 9.51. The van der Waals surface area contributed by atoms with Gasteiger partial charge in [0.15, 0.2) is 0 Å². The molecule has 9 nitrogen and oxygen atoms in total. The van der Waals surface area contributed by atoms with E-state index in [1.807, 2.05) is 30.7 Å². The number of nitrogens with one attached hydrogen (secondary N) is 1. The van der Waals surface area contributed by atoms with Crippen LogP contribution < -0.4 is 10.2 Å². The number of benzene rings is 2. The molecule has 11 heteroatoms. The van der Waals surface area contributed by atoms with E-state index < -0.39 is 10.8 Å². The van der Waals surface area contributed by atoms with E-state index in [2.05, 4.69) is 31.6 Å². The zero-order valence-electron chi connectivity index (χ0n) is 17.4. The normalized spacial score (nSPS) is 11.0. The number of nitrogens with zero attached hydrogens (tertiary/aromatic N) is 4. The summed E-state index contributed by atoms with van der Waals surface area (Å²) in [5.74, 6) is 0.120. The van der Waals surface area contributed by atoms with Crippen LogP contribution in [0, 0.1) is 24.0 Å². The fourth-order valence-electron chi connectivity index (χ4n) is 3.02. The molecule has 1 amide bonds. The summed E-state index contributed by atoms with van der Waals surface area (Å²) in [7, 11) is 1.60. The predicted molar refractivity (Wildman–Crippen MR) is 125 cm³/mol. The Hall–Kier alpha value is -3.24. The van der Waals surface area contributed by atoms with Crippen molar-refractivity contribution in [3.05, 3.63) is 84.1 Å². The molecule has 3 aromatic rings. The highest BCUT2D eigenvalue weighted by Crippen LogP contribution is 2.25. The van der Waals surface area contributed by atoms with Gasteiger partial charge in [0, 0.05) is 17.7 Å². The third-order valence-corrected chi connectivity index (χ3v) is 6.17. The molecule has 0 fully saturated rings. The highest BCUT2D eigenvalue weighted by Gasteiger charge is 2.15. The van der Waals surface area contributed by atoms with Crippen molar-refractivity contribution in [2.75, 3.05) is 7.11 Å². The number of non-ortho nitro benzene ring substituents is 1. The third-order valence-electron chi connectivity index (χ3n) is 4.71. The largest absolute Gasteiger partial charge is 0.496 e. The lowest BCUT2D eigenvalue weighted by Gasteiger charge is -2.11. The van der Waals surface area contributed by atoms with E-state index >= 15 is 0 Å². The van der Waals surface area contributed by atoms with Crippen LogP contribution in [0.5, 0.6) is 5.75 Å². The average Bonchev–Trinajstić information content (AvgIpc) is 3.00. The van der Waals surface area contributed by atoms with Crippen LogP contribution in [0.4, 0.5) is 5.69 Å². The van der Waals surface area contributed by atoms with E-state index in [1.165, 1.54) is 18.3 Å².